The molecule has 1 aliphatic rings. The smallest absolute Gasteiger partial charge is 0.412 e. The molecule has 2 atom stereocenters. The summed E-state index contributed by atoms with van der Waals surface area (Å²) in [6, 6.07) is 20.5. The van der Waals surface area contributed by atoms with Crippen LogP contribution in [-0.4, -0.2) is 50.9 Å². The number of ether oxygens (including phenoxy) is 1. The number of anilines is 2. The van der Waals surface area contributed by atoms with E-state index >= 15 is 0 Å². The quantitative estimate of drug-likeness (QED) is 0.263. The molecule has 2 heterocycles. The number of nitrogens with one attached hydrogen (secondary N) is 3. The number of piperidine rings is 1. The molecule has 1 aromatic heterocycles. The van der Waals surface area contributed by atoms with Crippen molar-refractivity contribution >= 4 is 40.4 Å². The second kappa shape index (κ2) is 11.0. The highest BCUT2D eigenvalue weighted by Gasteiger charge is 2.36. The molecule has 10 heteroatoms. The zero-order valence-electron chi connectivity index (χ0n) is 20.5. The van der Waals surface area contributed by atoms with E-state index in [2.05, 4.69) is 20.8 Å². The maximum atomic E-state index is 13.0. The first kappa shape index (κ1) is 24.8. The van der Waals surface area contributed by atoms with Gasteiger partial charge in [-0.1, -0.05) is 30.3 Å². The van der Waals surface area contributed by atoms with Crippen molar-refractivity contribution in [2.24, 2.45) is 0 Å². The molecule has 5 rings (SSSR count). The molecule has 1 saturated heterocycles. The molecule has 194 valence electrons. The summed E-state index contributed by atoms with van der Waals surface area (Å²) in [5, 5.41) is 23.1. The van der Waals surface area contributed by atoms with Gasteiger partial charge in [0.15, 0.2) is 0 Å². The summed E-state index contributed by atoms with van der Waals surface area (Å²) < 4.78 is 5.90. The van der Waals surface area contributed by atoms with Crippen molar-refractivity contribution in [3.05, 3.63) is 90.1 Å². The van der Waals surface area contributed by atoms with Crippen LogP contribution in [0.3, 0.4) is 0 Å². The summed E-state index contributed by atoms with van der Waals surface area (Å²) in [6.45, 7) is 0.340. The predicted molar refractivity (Wildman–Crippen MR) is 142 cm³/mol. The third kappa shape index (κ3) is 5.59. The maximum Gasteiger partial charge on any atom is 0.412 e. The lowest BCUT2D eigenvalue weighted by Gasteiger charge is -2.38. The first-order valence-corrected chi connectivity index (χ1v) is 12.3. The van der Waals surface area contributed by atoms with Crippen molar-refractivity contribution in [3.63, 3.8) is 0 Å². The molecular weight excluding hydrogens is 486 g/mol. The Hall–Kier alpha value is -4.86. The molecule has 0 radical (unpaired) electrons. The highest BCUT2D eigenvalue weighted by atomic mass is 16.6. The summed E-state index contributed by atoms with van der Waals surface area (Å²) in [4.78, 5) is 39.4. The van der Waals surface area contributed by atoms with Crippen molar-refractivity contribution in [2.45, 2.75) is 31.4 Å². The van der Waals surface area contributed by atoms with E-state index in [0.717, 1.165) is 23.7 Å². The number of carboxylic acid groups (broad SMARTS) is 1. The van der Waals surface area contributed by atoms with Gasteiger partial charge in [0.1, 0.15) is 6.10 Å². The Labute approximate surface area is 218 Å². The lowest BCUT2D eigenvalue weighted by molar-refractivity contribution is 0.0178. The molecule has 0 spiro atoms. The Morgan fingerprint density at radius 1 is 0.974 bits per heavy atom. The van der Waals surface area contributed by atoms with Crippen molar-refractivity contribution < 1.29 is 24.2 Å². The molecule has 4 N–H and O–H groups in total. The molecule has 1 fully saturated rings. The van der Waals surface area contributed by atoms with Crippen LogP contribution < -0.4 is 10.6 Å². The number of hydrogen-bond acceptors (Lipinski definition) is 5. The standard InChI is InChI=1S/C28H27N5O5/c34-26(30-21-9-2-1-3-10-21)19-8-6-7-18(15-19)25(24-11-4-5-14-33(24)28(36)37)38-27(35)31-22-12-13-23-20(16-22)17-29-32-23/h1-3,6-10,12-13,15-17,24-25H,4-5,11,14H2,(H,29,32)(H,30,34)(H,31,35)(H,36,37)/t24-,25?/m0/s1. The number of hydrogen-bond donors (Lipinski definition) is 4. The van der Waals surface area contributed by atoms with E-state index in [-0.39, 0.29) is 5.91 Å². The summed E-state index contributed by atoms with van der Waals surface area (Å²) in [6.07, 6.45) is 0.959. The van der Waals surface area contributed by atoms with E-state index in [1.165, 1.54) is 4.90 Å². The number of carbonyl (C=O) groups excluding carboxylic acids is 2. The molecular formula is C28H27N5O5. The largest absolute Gasteiger partial charge is 0.465 e. The Kier molecular flexibility index (Phi) is 7.21. The van der Waals surface area contributed by atoms with E-state index in [1.807, 2.05) is 18.2 Å². The van der Waals surface area contributed by atoms with Crippen molar-refractivity contribution in [1.82, 2.24) is 15.1 Å². The third-order valence-electron chi connectivity index (χ3n) is 6.57. The van der Waals surface area contributed by atoms with Gasteiger partial charge in [0.25, 0.3) is 5.91 Å². The van der Waals surface area contributed by atoms with Gasteiger partial charge in [0.05, 0.1) is 17.8 Å². The minimum Gasteiger partial charge on any atom is -0.465 e. The average molecular weight is 514 g/mol. The molecule has 1 aliphatic heterocycles. The van der Waals surface area contributed by atoms with Gasteiger partial charge in [-0.15, -0.1) is 0 Å². The molecule has 3 amide bonds. The zero-order chi connectivity index (χ0) is 26.5. The van der Waals surface area contributed by atoms with E-state index in [1.54, 1.807) is 60.8 Å². The van der Waals surface area contributed by atoms with Gasteiger partial charge in [-0.05, 0) is 67.3 Å². The van der Waals surface area contributed by atoms with Crippen LogP contribution in [0.15, 0.2) is 79.0 Å². The Morgan fingerprint density at radius 3 is 2.63 bits per heavy atom. The number of para-hydroxylation sites is 1. The number of fused-ring (bicyclic) bond motifs is 1. The third-order valence-corrected chi connectivity index (χ3v) is 6.57. The van der Waals surface area contributed by atoms with Gasteiger partial charge in [0.2, 0.25) is 0 Å². The predicted octanol–water partition coefficient (Wildman–Crippen LogP) is 5.64. The Morgan fingerprint density at radius 2 is 1.82 bits per heavy atom. The van der Waals surface area contributed by atoms with Crippen LogP contribution >= 0.6 is 0 Å². The van der Waals surface area contributed by atoms with Crippen molar-refractivity contribution in [3.8, 4) is 0 Å². The van der Waals surface area contributed by atoms with Crippen LogP contribution in [-0.2, 0) is 4.74 Å². The fourth-order valence-electron chi connectivity index (χ4n) is 4.74. The fraction of sp³-hybridized carbons (Fsp3) is 0.214. The summed E-state index contributed by atoms with van der Waals surface area (Å²) >= 11 is 0. The second-order valence-electron chi connectivity index (χ2n) is 9.11. The minimum absolute atomic E-state index is 0.326. The fourth-order valence-corrected chi connectivity index (χ4v) is 4.74. The van der Waals surface area contributed by atoms with Gasteiger partial charge < -0.3 is 20.1 Å². The van der Waals surface area contributed by atoms with E-state index < -0.39 is 24.3 Å². The summed E-state index contributed by atoms with van der Waals surface area (Å²) in [5.74, 6) is -0.326. The van der Waals surface area contributed by atoms with Gasteiger partial charge in [-0.25, -0.2) is 9.59 Å². The van der Waals surface area contributed by atoms with Crippen LogP contribution in [0.5, 0.6) is 0 Å². The van der Waals surface area contributed by atoms with Gasteiger partial charge >= 0.3 is 12.2 Å². The number of aromatic amines is 1. The molecule has 0 bridgehead atoms. The molecule has 1 unspecified atom stereocenters. The number of amides is 3. The van der Waals surface area contributed by atoms with Gasteiger partial charge in [-0.2, -0.15) is 5.10 Å². The molecule has 0 aliphatic carbocycles. The van der Waals surface area contributed by atoms with E-state index in [9.17, 15) is 19.5 Å². The number of likely N-dealkylation sites (tertiary alicyclic amines) is 1. The first-order chi connectivity index (χ1) is 18.5. The zero-order valence-corrected chi connectivity index (χ0v) is 20.5. The summed E-state index contributed by atoms with van der Waals surface area (Å²) in [7, 11) is 0. The van der Waals surface area contributed by atoms with Crippen LogP contribution in [0, 0.1) is 0 Å². The SMILES string of the molecule is O=C(Nc1ccc2[nH]ncc2c1)OC(c1cccc(C(=O)Nc2ccccc2)c1)[C@@H]1CCCCN1C(=O)O. The van der Waals surface area contributed by atoms with Gasteiger partial charge in [-0.3, -0.25) is 15.2 Å². The average Bonchev–Trinajstić information content (AvgIpc) is 3.40. The van der Waals surface area contributed by atoms with Crippen LogP contribution in [0.25, 0.3) is 10.9 Å². The number of benzene rings is 3. The molecule has 10 nitrogen and oxygen atoms in total. The highest BCUT2D eigenvalue weighted by molar-refractivity contribution is 6.04. The normalized spacial score (nSPS) is 16.0. The monoisotopic (exact) mass is 513 g/mol. The number of nitrogens with zero attached hydrogens (tertiary/aromatic N) is 2. The molecule has 4 aromatic rings. The molecule has 3 aromatic carbocycles. The number of rotatable bonds is 6. The highest BCUT2D eigenvalue weighted by Crippen LogP contribution is 2.33. The number of H-pyrrole nitrogens is 1. The Bertz CT molecular complexity index is 1450. The van der Waals surface area contributed by atoms with Crippen LogP contribution in [0.1, 0.15) is 41.3 Å². The lowest BCUT2D eigenvalue weighted by Crippen LogP contribution is -2.47. The van der Waals surface area contributed by atoms with E-state index in [4.69, 9.17) is 4.74 Å². The van der Waals surface area contributed by atoms with Crippen LogP contribution in [0.2, 0.25) is 0 Å². The number of carbonyl (C=O) groups is 3. The molecule has 0 saturated carbocycles. The second-order valence-corrected chi connectivity index (χ2v) is 9.11. The summed E-state index contributed by atoms with van der Waals surface area (Å²) in [5.41, 5.74) is 2.88. The van der Waals surface area contributed by atoms with Crippen molar-refractivity contribution in [1.29, 1.82) is 0 Å². The first-order valence-electron chi connectivity index (χ1n) is 12.3. The number of aromatic nitrogens is 2. The maximum absolute atomic E-state index is 13.0. The van der Waals surface area contributed by atoms with Crippen molar-refractivity contribution in [2.75, 3.05) is 17.2 Å². The molecule has 38 heavy (non-hydrogen) atoms. The lowest BCUT2D eigenvalue weighted by atomic mass is 9.92. The van der Waals surface area contributed by atoms with Crippen LogP contribution in [0.4, 0.5) is 21.0 Å². The minimum atomic E-state index is -1.08. The Balaban J connectivity index is 1.41. The topological polar surface area (TPSA) is 137 Å². The van der Waals surface area contributed by atoms with Gasteiger partial charge in [0, 0.05) is 28.9 Å². The van der Waals surface area contributed by atoms with E-state index in [0.29, 0.717) is 35.5 Å².